The van der Waals surface area contributed by atoms with Gasteiger partial charge in [0.15, 0.2) is 5.65 Å². The highest BCUT2D eigenvalue weighted by molar-refractivity contribution is 6.30. The van der Waals surface area contributed by atoms with E-state index < -0.39 is 0 Å². The van der Waals surface area contributed by atoms with Gasteiger partial charge in [-0.3, -0.25) is 4.79 Å². The normalized spacial score (nSPS) is 20.6. The van der Waals surface area contributed by atoms with Crippen LogP contribution in [0.15, 0.2) is 42.9 Å². The van der Waals surface area contributed by atoms with Crippen molar-refractivity contribution in [1.29, 1.82) is 0 Å². The molecule has 1 unspecified atom stereocenters. The Hall–Kier alpha value is -2.48. The van der Waals surface area contributed by atoms with Gasteiger partial charge in [0, 0.05) is 37.0 Å². The van der Waals surface area contributed by atoms with Gasteiger partial charge in [-0.2, -0.15) is 0 Å². The number of carbonyl (C=O) groups excluding carboxylic acids is 1. The molecule has 2 aliphatic heterocycles. The first kappa shape index (κ1) is 19.5. The molecule has 0 N–H and O–H groups in total. The van der Waals surface area contributed by atoms with E-state index in [1.54, 1.807) is 6.20 Å². The molecular weight excluding hydrogens is 404 g/mol. The fraction of sp³-hybridized carbons (Fsp3) is 0.409. The molecule has 0 saturated carbocycles. The first-order valence-corrected chi connectivity index (χ1v) is 10.6. The topological polar surface area (TPSA) is 69.5 Å². The molecule has 0 aliphatic carbocycles. The largest absolute Gasteiger partial charge is 0.381 e. The van der Waals surface area contributed by atoms with Gasteiger partial charge < -0.3 is 18.9 Å². The van der Waals surface area contributed by atoms with Crippen LogP contribution in [0, 0.1) is 0 Å². The second-order valence-corrected chi connectivity index (χ2v) is 8.16. The Labute approximate surface area is 179 Å². The second-order valence-electron chi connectivity index (χ2n) is 7.72. The molecule has 1 atom stereocenters. The zero-order chi connectivity index (χ0) is 20.5. The number of rotatable bonds is 3. The molecule has 5 rings (SSSR count). The van der Waals surface area contributed by atoms with Crippen LogP contribution >= 0.6 is 11.6 Å². The molecule has 0 spiro atoms. The molecule has 3 aromatic rings. The first-order valence-electron chi connectivity index (χ1n) is 10.3. The number of imidazole rings is 1. The predicted molar refractivity (Wildman–Crippen MR) is 113 cm³/mol. The number of aromatic nitrogens is 3. The zero-order valence-corrected chi connectivity index (χ0v) is 17.3. The lowest BCUT2D eigenvalue weighted by molar-refractivity contribution is -0.0228. The minimum Gasteiger partial charge on any atom is -0.381 e. The summed E-state index contributed by atoms with van der Waals surface area (Å²) in [7, 11) is 0. The van der Waals surface area contributed by atoms with Gasteiger partial charge in [-0.25, -0.2) is 9.97 Å². The van der Waals surface area contributed by atoms with Crippen molar-refractivity contribution in [3.8, 4) is 0 Å². The average molecular weight is 427 g/mol. The molecule has 0 bridgehead atoms. The summed E-state index contributed by atoms with van der Waals surface area (Å²) in [6.45, 7) is 3.05. The molecule has 156 valence electrons. The SMILES string of the molecule is O=C(c1cnc2c(c1)ncn2C1CCOCC1)N1CCOC(c2ccc(Cl)cc2)C1. The number of ether oxygens (including phenoxy) is 2. The molecule has 2 aromatic heterocycles. The van der Waals surface area contributed by atoms with Crippen LogP contribution < -0.4 is 0 Å². The van der Waals surface area contributed by atoms with Crippen molar-refractivity contribution < 1.29 is 14.3 Å². The standard InChI is InChI=1S/C22H23ClN4O3/c23-17-3-1-15(2-4-17)20-13-26(7-10-30-20)22(28)16-11-19-21(24-12-16)27(14-25-19)18-5-8-29-9-6-18/h1-4,11-12,14,18,20H,5-10,13H2. The summed E-state index contributed by atoms with van der Waals surface area (Å²) < 4.78 is 13.4. The Morgan fingerprint density at radius 1 is 1.10 bits per heavy atom. The van der Waals surface area contributed by atoms with Gasteiger partial charge in [0.1, 0.15) is 11.6 Å². The van der Waals surface area contributed by atoms with E-state index in [0.717, 1.165) is 42.8 Å². The fourth-order valence-corrected chi connectivity index (χ4v) is 4.29. The maximum absolute atomic E-state index is 13.1. The molecule has 7 nitrogen and oxygen atoms in total. The number of carbonyl (C=O) groups is 1. The molecule has 1 aromatic carbocycles. The highest BCUT2D eigenvalue weighted by atomic mass is 35.5. The van der Waals surface area contributed by atoms with Crippen molar-refractivity contribution in [3.63, 3.8) is 0 Å². The van der Waals surface area contributed by atoms with Crippen molar-refractivity contribution in [1.82, 2.24) is 19.4 Å². The predicted octanol–water partition coefficient (Wildman–Crippen LogP) is 3.65. The number of hydrogen-bond acceptors (Lipinski definition) is 5. The smallest absolute Gasteiger partial charge is 0.255 e. The number of fused-ring (bicyclic) bond motifs is 1. The van der Waals surface area contributed by atoms with Crippen LogP contribution in [0.1, 0.15) is 40.9 Å². The monoisotopic (exact) mass is 426 g/mol. The third kappa shape index (κ3) is 3.80. The average Bonchev–Trinajstić information content (AvgIpc) is 3.23. The summed E-state index contributed by atoms with van der Waals surface area (Å²) in [5.41, 5.74) is 3.13. The number of nitrogens with zero attached hydrogens (tertiary/aromatic N) is 4. The second kappa shape index (κ2) is 8.34. The van der Waals surface area contributed by atoms with Crippen molar-refractivity contribution in [2.75, 3.05) is 32.9 Å². The van der Waals surface area contributed by atoms with E-state index in [1.807, 2.05) is 41.6 Å². The van der Waals surface area contributed by atoms with Crippen LogP contribution in [0.4, 0.5) is 0 Å². The number of benzene rings is 1. The molecular formula is C22H23ClN4O3. The maximum atomic E-state index is 13.1. The summed E-state index contributed by atoms with van der Waals surface area (Å²) >= 11 is 5.98. The number of hydrogen-bond donors (Lipinski definition) is 0. The quantitative estimate of drug-likeness (QED) is 0.639. The third-order valence-electron chi connectivity index (χ3n) is 5.84. The summed E-state index contributed by atoms with van der Waals surface area (Å²) in [5, 5.41) is 0.682. The molecule has 2 saturated heterocycles. The summed E-state index contributed by atoms with van der Waals surface area (Å²) in [4.78, 5) is 24.1. The lowest BCUT2D eigenvalue weighted by atomic mass is 10.1. The van der Waals surface area contributed by atoms with Crippen LogP contribution in [-0.4, -0.2) is 58.3 Å². The van der Waals surface area contributed by atoms with Gasteiger partial charge in [-0.15, -0.1) is 0 Å². The van der Waals surface area contributed by atoms with E-state index >= 15 is 0 Å². The minimum absolute atomic E-state index is 0.0488. The minimum atomic E-state index is -0.163. The Bertz CT molecular complexity index is 1050. The van der Waals surface area contributed by atoms with Crippen molar-refractivity contribution in [2.45, 2.75) is 25.0 Å². The van der Waals surface area contributed by atoms with E-state index in [9.17, 15) is 4.79 Å². The van der Waals surface area contributed by atoms with E-state index in [-0.39, 0.29) is 12.0 Å². The molecule has 30 heavy (non-hydrogen) atoms. The Morgan fingerprint density at radius 3 is 2.70 bits per heavy atom. The van der Waals surface area contributed by atoms with Crippen LogP contribution in [0.5, 0.6) is 0 Å². The zero-order valence-electron chi connectivity index (χ0n) is 16.5. The number of pyridine rings is 1. The molecule has 1 amide bonds. The van der Waals surface area contributed by atoms with Crippen LogP contribution in [-0.2, 0) is 9.47 Å². The van der Waals surface area contributed by atoms with Gasteiger partial charge in [-0.05, 0) is 36.6 Å². The first-order chi connectivity index (χ1) is 14.7. The Balaban J connectivity index is 1.34. The molecule has 2 aliphatic rings. The van der Waals surface area contributed by atoms with Crippen LogP contribution in [0.25, 0.3) is 11.2 Å². The summed E-state index contributed by atoms with van der Waals surface area (Å²) in [6, 6.07) is 9.75. The summed E-state index contributed by atoms with van der Waals surface area (Å²) in [6.07, 6.45) is 5.23. The van der Waals surface area contributed by atoms with Crippen LogP contribution in [0.3, 0.4) is 0 Å². The Morgan fingerprint density at radius 2 is 1.90 bits per heavy atom. The van der Waals surface area contributed by atoms with E-state index in [1.165, 1.54) is 0 Å². The fourth-order valence-electron chi connectivity index (χ4n) is 4.16. The number of morpholine rings is 1. The molecule has 0 radical (unpaired) electrons. The Kier molecular flexibility index (Phi) is 5.41. The number of amides is 1. The van der Waals surface area contributed by atoms with Gasteiger partial charge >= 0.3 is 0 Å². The van der Waals surface area contributed by atoms with Crippen LogP contribution in [0.2, 0.25) is 5.02 Å². The third-order valence-corrected chi connectivity index (χ3v) is 6.09. The van der Waals surface area contributed by atoms with E-state index in [0.29, 0.717) is 36.3 Å². The van der Waals surface area contributed by atoms with Gasteiger partial charge in [0.05, 0.1) is 25.0 Å². The molecule has 8 heteroatoms. The summed E-state index contributed by atoms with van der Waals surface area (Å²) in [5.74, 6) is -0.0488. The van der Waals surface area contributed by atoms with Crippen molar-refractivity contribution in [2.24, 2.45) is 0 Å². The van der Waals surface area contributed by atoms with Crippen molar-refractivity contribution >= 4 is 28.7 Å². The highest BCUT2D eigenvalue weighted by Gasteiger charge is 2.27. The van der Waals surface area contributed by atoms with Gasteiger partial charge in [0.25, 0.3) is 5.91 Å². The van der Waals surface area contributed by atoms with E-state index in [4.69, 9.17) is 21.1 Å². The highest BCUT2D eigenvalue weighted by Crippen LogP contribution is 2.27. The van der Waals surface area contributed by atoms with E-state index in [2.05, 4.69) is 14.5 Å². The molecule has 4 heterocycles. The lowest BCUT2D eigenvalue weighted by Crippen LogP contribution is -2.42. The van der Waals surface area contributed by atoms with Gasteiger partial charge in [-0.1, -0.05) is 23.7 Å². The number of halogens is 1. The lowest BCUT2D eigenvalue weighted by Gasteiger charge is -2.33. The molecule has 2 fully saturated rings. The van der Waals surface area contributed by atoms with Gasteiger partial charge in [0.2, 0.25) is 0 Å². The maximum Gasteiger partial charge on any atom is 0.255 e. The van der Waals surface area contributed by atoms with Crippen molar-refractivity contribution in [3.05, 3.63) is 59.0 Å².